The van der Waals surface area contributed by atoms with Crippen LogP contribution in [0.4, 0.5) is 0 Å². The molecule has 0 amide bonds. The van der Waals surface area contributed by atoms with Crippen LogP contribution in [-0.2, 0) is 4.74 Å². The lowest BCUT2D eigenvalue weighted by molar-refractivity contribution is -0.117. The molecule has 2 saturated heterocycles. The Kier molecular flexibility index (Phi) is 4.03. The average Bonchev–Trinajstić information content (AvgIpc) is 2.45. The van der Waals surface area contributed by atoms with Gasteiger partial charge in [-0.2, -0.15) is 0 Å². The summed E-state index contributed by atoms with van der Waals surface area (Å²) in [5, 5.41) is 11.2. The van der Waals surface area contributed by atoms with Crippen molar-refractivity contribution in [3.05, 3.63) is 0 Å². The van der Waals surface area contributed by atoms with Gasteiger partial charge in [0, 0.05) is 12.5 Å². The van der Waals surface area contributed by atoms with E-state index in [0.29, 0.717) is 0 Å². The lowest BCUT2D eigenvalue weighted by Gasteiger charge is -2.39. The molecule has 3 nitrogen and oxygen atoms in total. The van der Waals surface area contributed by atoms with Crippen molar-refractivity contribution in [2.24, 2.45) is 5.92 Å². The van der Waals surface area contributed by atoms with Gasteiger partial charge in [-0.25, -0.2) is 0 Å². The van der Waals surface area contributed by atoms with Crippen LogP contribution in [-0.4, -0.2) is 46.4 Å². The van der Waals surface area contributed by atoms with Crippen LogP contribution in [0, 0.1) is 5.92 Å². The van der Waals surface area contributed by atoms with Crippen LogP contribution < -0.4 is 0 Å². The minimum atomic E-state index is -0.554. The molecule has 1 N–H and O–H groups in total. The summed E-state index contributed by atoms with van der Waals surface area (Å²) >= 11 is 0. The molecule has 2 rings (SSSR count). The summed E-state index contributed by atoms with van der Waals surface area (Å²) in [5.74, 6) is 0.242. The van der Waals surface area contributed by atoms with Gasteiger partial charge < -0.3 is 14.7 Å². The molecule has 3 heteroatoms. The fourth-order valence-electron chi connectivity index (χ4n) is 4.26. The lowest BCUT2D eigenvalue weighted by Crippen LogP contribution is -2.47. The minimum absolute atomic E-state index is 0.110. The van der Waals surface area contributed by atoms with E-state index >= 15 is 0 Å². The molecule has 2 fully saturated rings. The summed E-state index contributed by atoms with van der Waals surface area (Å²) in [5.41, 5.74) is -0.887. The van der Waals surface area contributed by atoms with Gasteiger partial charge in [0.25, 0.3) is 0 Å². The van der Waals surface area contributed by atoms with E-state index < -0.39 is 5.60 Å². The first-order chi connectivity index (χ1) is 8.69. The smallest absolute Gasteiger partial charge is 0.0716 e. The first-order valence-corrected chi connectivity index (χ1v) is 7.83. The van der Waals surface area contributed by atoms with Gasteiger partial charge in [0.15, 0.2) is 0 Å². The monoisotopic (exact) mass is 269 g/mol. The van der Waals surface area contributed by atoms with Crippen LogP contribution in [0.5, 0.6) is 0 Å². The predicted molar refractivity (Wildman–Crippen MR) is 78.3 cm³/mol. The van der Waals surface area contributed by atoms with Crippen LogP contribution in [0.15, 0.2) is 0 Å². The first kappa shape index (κ1) is 15.3. The van der Waals surface area contributed by atoms with E-state index in [-0.39, 0.29) is 17.1 Å². The molecule has 0 spiro atoms. The molecular weight excluding hydrogens is 238 g/mol. The maximum atomic E-state index is 11.2. The van der Waals surface area contributed by atoms with Gasteiger partial charge in [0.05, 0.1) is 16.8 Å². The van der Waals surface area contributed by atoms with Gasteiger partial charge in [-0.05, 0) is 66.5 Å². The van der Waals surface area contributed by atoms with E-state index in [9.17, 15) is 5.11 Å². The fourth-order valence-corrected chi connectivity index (χ4v) is 4.26. The Hall–Kier alpha value is -0.120. The van der Waals surface area contributed by atoms with Crippen molar-refractivity contribution in [1.29, 1.82) is 0 Å². The van der Waals surface area contributed by atoms with E-state index in [2.05, 4.69) is 39.5 Å². The predicted octanol–water partition coefficient (Wildman–Crippen LogP) is 2.82. The summed E-state index contributed by atoms with van der Waals surface area (Å²) in [6.07, 6.45) is 3.85. The Morgan fingerprint density at radius 1 is 1.16 bits per heavy atom. The molecule has 2 heterocycles. The fraction of sp³-hybridized carbons (Fsp3) is 1.00. The molecule has 0 bridgehead atoms. The summed E-state index contributed by atoms with van der Waals surface area (Å²) in [6, 6.07) is 0. The van der Waals surface area contributed by atoms with Crippen molar-refractivity contribution in [1.82, 2.24) is 4.90 Å². The molecule has 2 aliphatic heterocycles. The maximum absolute atomic E-state index is 11.2. The largest absolute Gasteiger partial charge is 0.389 e. The Morgan fingerprint density at radius 2 is 1.84 bits per heavy atom. The van der Waals surface area contributed by atoms with E-state index in [0.717, 1.165) is 45.3 Å². The quantitative estimate of drug-likeness (QED) is 0.836. The second-order valence-corrected chi connectivity index (χ2v) is 7.61. The first-order valence-electron chi connectivity index (χ1n) is 7.83. The van der Waals surface area contributed by atoms with Gasteiger partial charge in [0.2, 0.25) is 0 Å². The molecule has 2 unspecified atom stereocenters. The summed E-state index contributed by atoms with van der Waals surface area (Å²) < 4.78 is 6.19. The average molecular weight is 269 g/mol. The standard InChI is InChI=1S/C16H31NO2/c1-6-17-10-7-8-16(18,9-11-17)13-12-14(2,3)19-15(13,4)5/h13,18H,6-12H2,1-5H3. The van der Waals surface area contributed by atoms with Gasteiger partial charge in [-0.1, -0.05) is 6.92 Å². The highest BCUT2D eigenvalue weighted by atomic mass is 16.5. The third kappa shape index (κ3) is 3.14. The maximum Gasteiger partial charge on any atom is 0.0716 e. The van der Waals surface area contributed by atoms with Crippen LogP contribution in [0.3, 0.4) is 0 Å². The van der Waals surface area contributed by atoms with E-state index in [4.69, 9.17) is 4.74 Å². The number of rotatable bonds is 2. The summed E-state index contributed by atoms with van der Waals surface area (Å²) in [7, 11) is 0. The van der Waals surface area contributed by atoms with Crippen molar-refractivity contribution in [3.63, 3.8) is 0 Å². The van der Waals surface area contributed by atoms with E-state index in [1.165, 1.54) is 0 Å². The van der Waals surface area contributed by atoms with Gasteiger partial charge >= 0.3 is 0 Å². The second kappa shape index (κ2) is 5.01. The molecule has 2 atom stereocenters. The number of nitrogens with zero attached hydrogens (tertiary/aromatic N) is 1. The Morgan fingerprint density at radius 3 is 2.37 bits per heavy atom. The summed E-state index contributed by atoms with van der Waals surface area (Å²) in [6.45, 7) is 14.0. The highest BCUT2D eigenvalue weighted by Crippen LogP contribution is 2.49. The molecule has 0 radical (unpaired) electrons. The third-order valence-corrected chi connectivity index (χ3v) is 5.12. The van der Waals surface area contributed by atoms with Crippen LogP contribution in [0.2, 0.25) is 0 Å². The SMILES string of the molecule is CCN1CCCC(O)(C2CC(C)(C)OC2(C)C)CC1. The highest BCUT2D eigenvalue weighted by Gasteiger charge is 2.54. The van der Waals surface area contributed by atoms with E-state index in [1.54, 1.807) is 0 Å². The minimum Gasteiger partial charge on any atom is -0.389 e. The van der Waals surface area contributed by atoms with Crippen molar-refractivity contribution >= 4 is 0 Å². The molecule has 0 aromatic rings. The third-order valence-electron chi connectivity index (χ3n) is 5.12. The lowest BCUT2D eigenvalue weighted by atomic mass is 9.71. The Balaban J connectivity index is 2.15. The van der Waals surface area contributed by atoms with Gasteiger partial charge in [-0.15, -0.1) is 0 Å². The Labute approximate surface area is 118 Å². The zero-order valence-corrected chi connectivity index (χ0v) is 13.3. The number of likely N-dealkylation sites (tertiary alicyclic amines) is 1. The summed E-state index contributed by atoms with van der Waals surface area (Å²) in [4.78, 5) is 2.45. The molecule has 112 valence electrons. The van der Waals surface area contributed by atoms with Crippen molar-refractivity contribution in [3.8, 4) is 0 Å². The van der Waals surface area contributed by atoms with Crippen molar-refractivity contribution in [2.75, 3.05) is 19.6 Å². The van der Waals surface area contributed by atoms with Crippen LogP contribution in [0.1, 0.15) is 60.3 Å². The molecule has 0 aliphatic carbocycles. The number of hydrogen-bond donors (Lipinski definition) is 1. The molecule has 0 saturated carbocycles. The Bertz CT molecular complexity index is 327. The molecule has 0 aromatic carbocycles. The second-order valence-electron chi connectivity index (χ2n) is 7.61. The van der Waals surface area contributed by atoms with Crippen LogP contribution in [0.25, 0.3) is 0 Å². The molecule has 0 aromatic heterocycles. The molecule has 19 heavy (non-hydrogen) atoms. The zero-order valence-electron chi connectivity index (χ0n) is 13.3. The van der Waals surface area contributed by atoms with Gasteiger partial charge in [0.1, 0.15) is 0 Å². The number of hydrogen-bond acceptors (Lipinski definition) is 3. The van der Waals surface area contributed by atoms with Crippen molar-refractivity contribution in [2.45, 2.75) is 77.1 Å². The topological polar surface area (TPSA) is 32.7 Å². The van der Waals surface area contributed by atoms with E-state index in [1.807, 2.05) is 0 Å². The van der Waals surface area contributed by atoms with Crippen LogP contribution >= 0.6 is 0 Å². The van der Waals surface area contributed by atoms with Gasteiger partial charge in [-0.3, -0.25) is 0 Å². The molecule has 2 aliphatic rings. The zero-order chi connectivity index (χ0) is 14.3. The molecular formula is C16H31NO2. The number of aliphatic hydroxyl groups is 1. The normalized spacial score (nSPS) is 39.2. The van der Waals surface area contributed by atoms with Crippen molar-refractivity contribution < 1.29 is 9.84 Å². The number of ether oxygens (including phenoxy) is 1. The highest BCUT2D eigenvalue weighted by molar-refractivity contribution is 5.04.